The Balaban J connectivity index is 0.000000720. The van der Waals surface area contributed by atoms with Gasteiger partial charge in [0, 0.05) is 0 Å². The number of hydrogen-bond acceptors (Lipinski definition) is 3. The first-order valence-electron chi connectivity index (χ1n) is 2.93. The highest BCUT2D eigenvalue weighted by atomic mass is 24.3. The lowest BCUT2D eigenvalue weighted by atomic mass is 10.5. The molecule has 7 nitrogen and oxygen atoms in total. The van der Waals surface area contributed by atoms with E-state index in [4.69, 9.17) is 0 Å². The van der Waals surface area contributed by atoms with Gasteiger partial charge in [-0.1, -0.05) is 0 Å². The number of aromatic amines is 3. The van der Waals surface area contributed by atoms with Crippen LogP contribution in [0.15, 0.2) is 15.9 Å². The fraction of sp³-hybridized carbons (Fsp3) is 0. The summed E-state index contributed by atoms with van der Waals surface area (Å²) in [7, 11) is 0. The number of fused-ring (bicyclic) bond motifs is 1. The summed E-state index contributed by atoms with van der Waals surface area (Å²) in [6.07, 6.45) is 1.34. The van der Waals surface area contributed by atoms with Crippen molar-refractivity contribution in [2.45, 2.75) is 0 Å². The second-order valence-electron chi connectivity index (χ2n) is 2.03. The van der Waals surface area contributed by atoms with Gasteiger partial charge in [0.1, 0.15) is 5.52 Å². The molecule has 0 atom stereocenters. The molecule has 0 spiro atoms. The molecule has 0 saturated heterocycles. The monoisotopic (exact) mass is 196 g/mol. The Morgan fingerprint density at radius 2 is 1.92 bits per heavy atom. The van der Waals surface area contributed by atoms with E-state index in [9.17, 15) is 9.59 Å². The van der Waals surface area contributed by atoms with Gasteiger partial charge in [0.25, 0.3) is 5.56 Å². The summed E-state index contributed by atoms with van der Waals surface area (Å²) in [6.45, 7) is 0. The maximum Gasteiger partial charge on any atom is 0.327 e. The molecule has 2 aromatic heterocycles. The van der Waals surface area contributed by atoms with Gasteiger partial charge in [0.05, 0.1) is 6.33 Å². The molecule has 0 bridgehead atoms. The Morgan fingerprint density at radius 3 is 2.62 bits per heavy atom. The molecule has 8 heteroatoms. The van der Waals surface area contributed by atoms with E-state index in [1.165, 1.54) is 6.33 Å². The van der Waals surface area contributed by atoms with Crippen LogP contribution in [0.2, 0.25) is 0 Å². The molecular weight excluding hydrogens is 188 g/mol. The molecular formula is C5H8MgN4O3. The summed E-state index contributed by atoms with van der Waals surface area (Å²) in [4.78, 5) is 32.3. The molecule has 0 aliphatic heterocycles. The molecule has 0 saturated carbocycles. The van der Waals surface area contributed by atoms with Crippen molar-refractivity contribution < 1.29 is 5.48 Å². The predicted molar refractivity (Wildman–Crippen MR) is 49.5 cm³/mol. The highest BCUT2D eigenvalue weighted by Gasteiger charge is 1.99. The second kappa shape index (κ2) is 4.21. The van der Waals surface area contributed by atoms with Crippen molar-refractivity contribution in [3.8, 4) is 0 Å². The summed E-state index contributed by atoms with van der Waals surface area (Å²) in [5.74, 6) is 0. The minimum atomic E-state index is -0.547. The maximum absolute atomic E-state index is 10.9. The Morgan fingerprint density at radius 1 is 1.23 bits per heavy atom. The molecule has 0 aliphatic carbocycles. The average Bonchev–Trinajstić information content (AvgIpc) is 2.34. The molecule has 5 N–H and O–H groups in total. The van der Waals surface area contributed by atoms with Crippen LogP contribution in [-0.4, -0.2) is 48.5 Å². The summed E-state index contributed by atoms with van der Waals surface area (Å²) in [5.41, 5.74) is -0.445. The van der Waals surface area contributed by atoms with E-state index in [-0.39, 0.29) is 39.7 Å². The Labute approximate surface area is 87.1 Å². The zero-order valence-electron chi connectivity index (χ0n) is 5.84. The number of aromatic nitrogens is 4. The first-order valence-corrected chi connectivity index (χ1v) is 2.93. The predicted octanol–water partition coefficient (Wildman–Crippen LogP) is -2.80. The van der Waals surface area contributed by atoms with Gasteiger partial charge >= 0.3 is 28.7 Å². The summed E-state index contributed by atoms with van der Waals surface area (Å²) in [6, 6.07) is 0. The van der Waals surface area contributed by atoms with Crippen molar-refractivity contribution in [2.24, 2.45) is 0 Å². The van der Waals surface area contributed by atoms with Crippen molar-refractivity contribution in [1.82, 2.24) is 19.9 Å². The topological polar surface area (TPSA) is 126 Å². The van der Waals surface area contributed by atoms with Crippen LogP contribution in [0.25, 0.3) is 11.2 Å². The number of nitrogens with one attached hydrogen (secondary N) is 3. The Kier molecular flexibility index (Phi) is 3.85. The van der Waals surface area contributed by atoms with Gasteiger partial charge in [-0.25, -0.2) is 9.78 Å². The van der Waals surface area contributed by atoms with Crippen LogP contribution in [-0.2, 0) is 0 Å². The molecule has 2 heterocycles. The number of rotatable bonds is 0. The number of nitrogens with zero attached hydrogens (tertiary/aromatic N) is 1. The summed E-state index contributed by atoms with van der Waals surface area (Å²) >= 11 is 0. The molecule has 0 amide bonds. The summed E-state index contributed by atoms with van der Waals surface area (Å²) < 4.78 is 0. The highest BCUT2D eigenvalue weighted by Crippen LogP contribution is 1.92. The van der Waals surface area contributed by atoms with Crippen LogP contribution in [0.1, 0.15) is 0 Å². The Hall–Kier alpha value is -1.12. The van der Waals surface area contributed by atoms with Crippen molar-refractivity contribution in [2.75, 3.05) is 0 Å². The minimum Gasteiger partial charge on any atom is -0.412 e. The van der Waals surface area contributed by atoms with E-state index < -0.39 is 11.2 Å². The number of hydrogen-bond donors (Lipinski definition) is 3. The van der Waals surface area contributed by atoms with E-state index in [1.54, 1.807) is 0 Å². The third kappa shape index (κ3) is 1.97. The molecule has 13 heavy (non-hydrogen) atoms. The van der Waals surface area contributed by atoms with Gasteiger partial charge in [-0.3, -0.25) is 14.8 Å². The molecule has 0 radical (unpaired) electrons. The molecule has 0 fully saturated rings. The third-order valence-electron chi connectivity index (χ3n) is 1.33. The van der Waals surface area contributed by atoms with E-state index >= 15 is 0 Å². The zero-order chi connectivity index (χ0) is 7.84. The quantitative estimate of drug-likeness (QED) is 0.394. The van der Waals surface area contributed by atoms with Crippen molar-refractivity contribution in [3.05, 3.63) is 27.2 Å². The van der Waals surface area contributed by atoms with E-state index in [0.717, 1.165) is 0 Å². The lowest BCUT2D eigenvalue weighted by Crippen LogP contribution is -2.21. The minimum absolute atomic E-state index is 0. The van der Waals surface area contributed by atoms with Crippen LogP contribution >= 0.6 is 0 Å². The van der Waals surface area contributed by atoms with E-state index in [1.807, 2.05) is 0 Å². The molecule has 0 unspecified atom stereocenters. The van der Waals surface area contributed by atoms with Crippen molar-refractivity contribution in [1.29, 1.82) is 0 Å². The highest BCUT2D eigenvalue weighted by molar-refractivity contribution is 5.75. The maximum atomic E-state index is 10.9. The van der Waals surface area contributed by atoms with Gasteiger partial charge in [-0.2, -0.15) is 0 Å². The van der Waals surface area contributed by atoms with Crippen molar-refractivity contribution in [3.63, 3.8) is 0 Å². The average molecular weight is 196 g/mol. The zero-order valence-corrected chi connectivity index (χ0v) is 5.84. The first kappa shape index (κ1) is 11.9. The Bertz CT molecular complexity index is 498. The molecule has 0 aliphatic rings. The van der Waals surface area contributed by atoms with E-state index in [2.05, 4.69) is 19.9 Å². The fourth-order valence-corrected chi connectivity index (χ4v) is 0.867. The van der Waals surface area contributed by atoms with Crippen molar-refractivity contribution >= 4 is 34.2 Å². The van der Waals surface area contributed by atoms with Gasteiger partial charge in [0.15, 0.2) is 5.65 Å². The van der Waals surface area contributed by atoms with Crippen LogP contribution in [0, 0.1) is 0 Å². The molecule has 2 aromatic rings. The molecule has 0 aromatic carbocycles. The van der Waals surface area contributed by atoms with Gasteiger partial charge in [-0.15, -0.1) is 0 Å². The van der Waals surface area contributed by atoms with Crippen LogP contribution in [0.3, 0.4) is 0 Å². The van der Waals surface area contributed by atoms with Crippen LogP contribution in [0.5, 0.6) is 0 Å². The van der Waals surface area contributed by atoms with Gasteiger partial charge in [-0.05, 0) is 0 Å². The number of H-pyrrole nitrogens is 3. The standard InChI is InChI=1S/C5H4N4O2.Mg.H2O.2H/c10-4-2-3(7-1-6-2)8-5(11)9-4;;;;/h1H,(H3,6,7,8,9,10,11);;1H2;;. The largest absolute Gasteiger partial charge is 0.412 e. The number of imidazole rings is 1. The molecule has 2 rings (SSSR count). The SMILES string of the molecule is O.O=c1[nH]c(=O)c2[nH]cnc2[nH]1.[MgH2]. The summed E-state index contributed by atoms with van der Waals surface area (Å²) in [5, 5.41) is 0. The molecule has 68 valence electrons. The second-order valence-corrected chi connectivity index (χ2v) is 2.03. The lowest BCUT2D eigenvalue weighted by molar-refractivity contribution is 0.824. The lowest BCUT2D eigenvalue weighted by Gasteiger charge is -1.83. The third-order valence-corrected chi connectivity index (χ3v) is 1.33. The van der Waals surface area contributed by atoms with Gasteiger partial charge < -0.3 is 10.5 Å². The van der Waals surface area contributed by atoms with Crippen LogP contribution < -0.4 is 11.2 Å². The van der Waals surface area contributed by atoms with Gasteiger partial charge in [0.2, 0.25) is 0 Å². The van der Waals surface area contributed by atoms with Crippen LogP contribution in [0.4, 0.5) is 0 Å². The normalized spacial score (nSPS) is 8.92. The first-order chi connectivity index (χ1) is 5.27. The van der Waals surface area contributed by atoms with E-state index in [0.29, 0.717) is 0 Å². The fourth-order valence-electron chi connectivity index (χ4n) is 0.867. The smallest absolute Gasteiger partial charge is 0.327 e.